The first kappa shape index (κ1) is 10.8. The molecule has 82 valence electrons. The number of halogens is 1. The lowest BCUT2D eigenvalue weighted by Crippen LogP contribution is -2.32. The summed E-state index contributed by atoms with van der Waals surface area (Å²) in [5.41, 5.74) is 2.39. The lowest BCUT2D eigenvalue weighted by Gasteiger charge is -2.27. The predicted octanol–water partition coefficient (Wildman–Crippen LogP) is 2.61. The molecule has 1 fully saturated rings. The number of nitrogens with zero attached hydrogens (tertiary/aromatic N) is 1. The van der Waals surface area contributed by atoms with Crippen molar-refractivity contribution in [1.29, 1.82) is 0 Å². The standard InChI is InChI=1S/C12H16ClNO/c1-9-4-5-10(13)7-12(9)14-6-2-3-11(14)8-15/h4-5,7,11,15H,2-3,6,8H2,1H3. The molecule has 0 bridgehead atoms. The van der Waals surface area contributed by atoms with E-state index in [-0.39, 0.29) is 12.6 Å². The molecule has 1 saturated heterocycles. The van der Waals surface area contributed by atoms with Gasteiger partial charge in [-0.15, -0.1) is 0 Å². The molecule has 1 aliphatic rings. The molecular weight excluding hydrogens is 210 g/mol. The van der Waals surface area contributed by atoms with Crippen LogP contribution in [0.25, 0.3) is 0 Å². The van der Waals surface area contributed by atoms with Gasteiger partial charge in [-0.3, -0.25) is 0 Å². The summed E-state index contributed by atoms with van der Waals surface area (Å²) < 4.78 is 0. The Morgan fingerprint density at radius 3 is 3.07 bits per heavy atom. The maximum Gasteiger partial charge on any atom is 0.0635 e. The molecule has 3 heteroatoms. The summed E-state index contributed by atoms with van der Waals surface area (Å²) in [5.74, 6) is 0. The second-order valence-electron chi connectivity index (χ2n) is 4.10. The van der Waals surface area contributed by atoms with Crippen molar-refractivity contribution in [3.8, 4) is 0 Å². The van der Waals surface area contributed by atoms with E-state index >= 15 is 0 Å². The topological polar surface area (TPSA) is 23.5 Å². The Bertz CT molecular complexity index is 353. The van der Waals surface area contributed by atoms with E-state index in [1.807, 2.05) is 18.2 Å². The van der Waals surface area contributed by atoms with Gasteiger partial charge in [0.15, 0.2) is 0 Å². The summed E-state index contributed by atoms with van der Waals surface area (Å²) in [5, 5.41) is 10.0. The van der Waals surface area contributed by atoms with Gasteiger partial charge >= 0.3 is 0 Å². The highest BCUT2D eigenvalue weighted by molar-refractivity contribution is 6.30. The van der Waals surface area contributed by atoms with Crippen molar-refractivity contribution in [2.45, 2.75) is 25.8 Å². The molecule has 15 heavy (non-hydrogen) atoms. The van der Waals surface area contributed by atoms with E-state index in [1.54, 1.807) is 0 Å². The van der Waals surface area contributed by atoms with Crippen LogP contribution >= 0.6 is 11.6 Å². The molecule has 0 aromatic heterocycles. The highest BCUT2D eigenvalue weighted by Crippen LogP contribution is 2.30. The quantitative estimate of drug-likeness (QED) is 0.837. The third-order valence-corrected chi connectivity index (χ3v) is 3.30. The number of aryl methyl sites for hydroxylation is 1. The fourth-order valence-corrected chi connectivity index (χ4v) is 2.40. The summed E-state index contributed by atoms with van der Waals surface area (Å²) in [6, 6.07) is 6.20. The van der Waals surface area contributed by atoms with Crippen LogP contribution in [0.5, 0.6) is 0 Å². The Morgan fingerprint density at radius 2 is 2.33 bits per heavy atom. The minimum absolute atomic E-state index is 0.228. The first-order valence-electron chi connectivity index (χ1n) is 5.36. The number of anilines is 1. The first-order valence-corrected chi connectivity index (χ1v) is 5.74. The van der Waals surface area contributed by atoms with Crippen LogP contribution in [0.15, 0.2) is 18.2 Å². The van der Waals surface area contributed by atoms with E-state index in [2.05, 4.69) is 11.8 Å². The molecule has 1 unspecified atom stereocenters. The van der Waals surface area contributed by atoms with Gasteiger partial charge in [0, 0.05) is 17.3 Å². The molecule has 0 amide bonds. The van der Waals surface area contributed by atoms with Gasteiger partial charge in [-0.1, -0.05) is 17.7 Å². The lowest BCUT2D eigenvalue weighted by atomic mass is 10.1. The lowest BCUT2D eigenvalue weighted by molar-refractivity contribution is 0.266. The fourth-order valence-electron chi connectivity index (χ4n) is 2.23. The van der Waals surface area contributed by atoms with Gasteiger partial charge in [-0.2, -0.15) is 0 Å². The van der Waals surface area contributed by atoms with E-state index in [0.29, 0.717) is 0 Å². The van der Waals surface area contributed by atoms with Crippen molar-refractivity contribution in [3.05, 3.63) is 28.8 Å². The largest absolute Gasteiger partial charge is 0.394 e. The van der Waals surface area contributed by atoms with Crippen LogP contribution in [0.4, 0.5) is 5.69 Å². The molecule has 0 aliphatic carbocycles. The molecule has 0 radical (unpaired) electrons. The van der Waals surface area contributed by atoms with Crippen LogP contribution in [0.2, 0.25) is 5.02 Å². The zero-order chi connectivity index (χ0) is 10.8. The van der Waals surface area contributed by atoms with E-state index in [9.17, 15) is 5.11 Å². The number of rotatable bonds is 2. The number of hydrogen-bond donors (Lipinski definition) is 1. The number of hydrogen-bond acceptors (Lipinski definition) is 2. The highest BCUT2D eigenvalue weighted by Gasteiger charge is 2.24. The van der Waals surface area contributed by atoms with Crippen molar-refractivity contribution in [3.63, 3.8) is 0 Å². The second kappa shape index (κ2) is 4.42. The zero-order valence-electron chi connectivity index (χ0n) is 8.91. The van der Waals surface area contributed by atoms with Crippen LogP contribution in [0.1, 0.15) is 18.4 Å². The second-order valence-corrected chi connectivity index (χ2v) is 4.54. The zero-order valence-corrected chi connectivity index (χ0v) is 9.67. The maximum absolute atomic E-state index is 9.28. The molecule has 1 N–H and O–H groups in total. The summed E-state index contributed by atoms with van der Waals surface area (Å²) in [6.45, 7) is 3.33. The molecular formula is C12H16ClNO. The van der Waals surface area contributed by atoms with Crippen LogP contribution in [0.3, 0.4) is 0 Å². The van der Waals surface area contributed by atoms with E-state index in [0.717, 1.165) is 24.4 Å². The minimum Gasteiger partial charge on any atom is -0.394 e. The van der Waals surface area contributed by atoms with E-state index in [4.69, 9.17) is 11.6 Å². The summed E-state index contributed by atoms with van der Waals surface area (Å²) in [6.07, 6.45) is 2.22. The van der Waals surface area contributed by atoms with E-state index in [1.165, 1.54) is 11.3 Å². The van der Waals surface area contributed by atoms with Gasteiger partial charge < -0.3 is 10.0 Å². The van der Waals surface area contributed by atoms with Gasteiger partial charge in [0.25, 0.3) is 0 Å². The molecule has 1 aromatic carbocycles. The average Bonchev–Trinajstić information content (AvgIpc) is 2.69. The molecule has 2 nitrogen and oxygen atoms in total. The van der Waals surface area contributed by atoms with Gasteiger partial charge in [-0.25, -0.2) is 0 Å². The minimum atomic E-state index is 0.228. The summed E-state index contributed by atoms with van der Waals surface area (Å²) in [7, 11) is 0. The Hall–Kier alpha value is -0.730. The van der Waals surface area contributed by atoms with Crippen molar-refractivity contribution in [1.82, 2.24) is 0 Å². The maximum atomic E-state index is 9.28. The number of benzene rings is 1. The fraction of sp³-hybridized carbons (Fsp3) is 0.500. The SMILES string of the molecule is Cc1ccc(Cl)cc1N1CCCC1CO. The van der Waals surface area contributed by atoms with Crippen molar-refractivity contribution in [2.75, 3.05) is 18.1 Å². The van der Waals surface area contributed by atoms with E-state index < -0.39 is 0 Å². The normalized spacial score (nSPS) is 21.0. The van der Waals surface area contributed by atoms with Crippen LogP contribution in [-0.2, 0) is 0 Å². The molecule has 1 aromatic rings. The van der Waals surface area contributed by atoms with Gasteiger partial charge in [0.2, 0.25) is 0 Å². The van der Waals surface area contributed by atoms with Crippen LogP contribution < -0.4 is 4.90 Å². The third kappa shape index (κ3) is 2.11. The molecule has 1 aliphatic heterocycles. The highest BCUT2D eigenvalue weighted by atomic mass is 35.5. The summed E-state index contributed by atoms with van der Waals surface area (Å²) >= 11 is 6.00. The first-order chi connectivity index (χ1) is 7.22. The van der Waals surface area contributed by atoms with Crippen molar-refractivity contribution < 1.29 is 5.11 Å². The summed E-state index contributed by atoms with van der Waals surface area (Å²) in [4.78, 5) is 2.27. The smallest absolute Gasteiger partial charge is 0.0635 e. The Labute approximate surface area is 95.5 Å². The Kier molecular flexibility index (Phi) is 3.17. The van der Waals surface area contributed by atoms with Crippen LogP contribution in [0, 0.1) is 6.92 Å². The predicted molar refractivity (Wildman–Crippen MR) is 63.6 cm³/mol. The van der Waals surface area contributed by atoms with Crippen LogP contribution in [-0.4, -0.2) is 24.3 Å². The van der Waals surface area contributed by atoms with Gasteiger partial charge in [0.1, 0.15) is 0 Å². The Balaban J connectivity index is 2.31. The number of aliphatic hydroxyl groups is 1. The molecule has 0 saturated carbocycles. The van der Waals surface area contributed by atoms with Crippen molar-refractivity contribution >= 4 is 17.3 Å². The molecule has 0 spiro atoms. The van der Waals surface area contributed by atoms with Crippen molar-refractivity contribution in [2.24, 2.45) is 0 Å². The Morgan fingerprint density at radius 1 is 1.53 bits per heavy atom. The van der Waals surface area contributed by atoms with Gasteiger partial charge in [-0.05, 0) is 37.5 Å². The average molecular weight is 226 g/mol. The molecule has 1 atom stereocenters. The molecule has 1 heterocycles. The number of aliphatic hydroxyl groups excluding tert-OH is 1. The molecule has 2 rings (SSSR count). The monoisotopic (exact) mass is 225 g/mol. The third-order valence-electron chi connectivity index (χ3n) is 3.07. The van der Waals surface area contributed by atoms with Gasteiger partial charge in [0.05, 0.1) is 12.6 Å².